The quantitative estimate of drug-likeness (QED) is 0.438. The Bertz CT molecular complexity index is 1220. The number of hydrogen-bond donors (Lipinski definition) is 3. The Morgan fingerprint density at radius 3 is 2.09 bits per heavy atom. The van der Waals surface area contributed by atoms with Crippen LogP contribution >= 0.6 is 0 Å². The molecule has 3 amide bonds. The second kappa shape index (κ2) is 10.0. The van der Waals surface area contributed by atoms with E-state index in [4.69, 9.17) is 4.74 Å². The van der Waals surface area contributed by atoms with Gasteiger partial charge in [0.25, 0.3) is 11.8 Å². The Morgan fingerprint density at radius 2 is 1.40 bits per heavy atom. The number of benzene rings is 3. The lowest BCUT2D eigenvalue weighted by atomic mass is 10.1. The highest BCUT2D eigenvalue weighted by atomic mass is 16.6. The number of amides is 3. The van der Waals surface area contributed by atoms with Gasteiger partial charge in [-0.2, -0.15) is 0 Å². The summed E-state index contributed by atoms with van der Waals surface area (Å²) in [5.41, 5.74) is 2.75. The minimum atomic E-state index is -0.526. The summed E-state index contributed by atoms with van der Waals surface area (Å²) in [4.78, 5) is 37.1. The van der Waals surface area contributed by atoms with E-state index < -0.39 is 11.7 Å². The van der Waals surface area contributed by atoms with Crippen molar-refractivity contribution in [3.05, 3.63) is 95.6 Å². The average Bonchev–Trinajstić information content (AvgIpc) is 3.57. The summed E-state index contributed by atoms with van der Waals surface area (Å²) in [6, 6.07) is 23.3. The maximum atomic E-state index is 12.8. The molecule has 180 valence electrons. The van der Waals surface area contributed by atoms with E-state index in [2.05, 4.69) is 16.0 Å². The van der Waals surface area contributed by atoms with Crippen LogP contribution in [0.4, 0.5) is 16.2 Å². The number of carbonyl (C=O) groups is 3. The molecule has 2 atom stereocenters. The molecular weight excluding hydrogens is 442 g/mol. The molecule has 0 heterocycles. The molecule has 0 spiro atoms. The number of ether oxygens (including phenoxy) is 1. The standard InChI is InChI=1S/C28H29N3O4/c1-28(2,3)35-27(34)31-24-17-23(24)18-12-14-21(15-13-18)29-26(33)20-10-7-11-22(16-20)30-25(32)19-8-5-4-6-9-19/h4-16,23-24H,17H2,1-3H3,(H,29,33)(H,30,32)(H,31,34)/t23-,24+/m0/s1. The third-order valence-electron chi connectivity index (χ3n) is 5.51. The molecule has 1 saturated carbocycles. The van der Waals surface area contributed by atoms with Crippen molar-refractivity contribution in [1.29, 1.82) is 0 Å². The first-order valence-electron chi connectivity index (χ1n) is 11.6. The molecule has 1 fully saturated rings. The smallest absolute Gasteiger partial charge is 0.407 e. The summed E-state index contributed by atoms with van der Waals surface area (Å²) in [5.74, 6) is -0.278. The van der Waals surface area contributed by atoms with Crippen molar-refractivity contribution in [2.75, 3.05) is 10.6 Å². The minimum Gasteiger partial charge on any atom is -0.444 e. The first-order valence-corrected chi connectivity index (χ1v) is 11.6. The van der Waals surface area contributed by atoms with Crippen molar-refractivity contribution < 1.29 is 19.1 Å². The van der Waals surface area contributed by atoms with Gasteiger partial charge in [0.2, 0.25) is 0 Å². The summed E-state index contributed by atoms with van der Waals surface area (Å²) in [5, 5.41) is 8.60. The second-order valence-corrected chi connectivity index (χ2v) is 9.57. The predicted octanol–water partition coefficient (Wildman–Crippen LogP) is 5.57. The van der Waals surface area contributed by atoms with Gasteiger partial charge in [0, 0.05) is 34.5 Å². The van der Waals surface area contributed by atoms with E-state index in [-0.39, 0.29) is 23.8 Å². The van der Waals surface area contributed by atoms with Crippen LogP contribution in [0.5, 0.6) is 0 Å². The van der Waals surface area contributed by atoms with Crippen LogP contribution in [0.2, 0.25) is 0 Å². The van der Waals surface area contributed by atoms with E-state index in [0.717, 1.165) is 12.0 Å². The Labute approximate surface area is 204 Å². The van der Waals surface area contributed by atoms with Gasteiger partial charge in [-0.15, -0.1) is 0 Å². The van der Waals surface area contributed by atoms with Crippen LogP contribution in [0.15, 0.2) is 78.9 Å². The van der Waals surface area contributed by atoms with Crippen LogP contribution < -0.4 is 16.0 Å². The van der Waals surface area contributed by atoms with Crippen molar-refractivity contribution >= 4 is 29.3 Å². The minimum absolute atomic E-state index is 0.0547. The lowest BCUT2D eigenvalue weighted by Gasteiger charge is -2.19. The molecule has 0 unspecified atom stereocenters. The molecule has 3 aromatic rings. The summed E-state index contributed by atoms with van der Waals surface area (Å²) >= 11 is 0. The van der Waals surface area contributed by atoms with E-state index in [1.54, 1.807) is 48.5 Å². The van der Waals surface area contributed by atoms with Gasteiger partial charge in [0.1, 0.15) is 5.60 Å². The highest BCUT2D eigenvalue weighted by molar-refractivity contribution is 6.07. The fraction of sp³-hybridized carbons (Fsp3) is 0.250. The summed E-state index contributed by atoms with van der Waals surface area (Å²) in [6.45, 7) is 5.50. The summed E-state index contributed by atoms with van der Waals surface area (Å²) in [6.07, 6.45) is 0.447. The highest BCUT2D eigenvalue weighted by Crippen LogP contribution is 2.41. The van der Waals surface area contributed by atoms with E-state index in [0.29, 0.717) is 22.5 Å². The molecule has 1 aliphatic rings. The molecule has 0 saturated heterocycles. The summed E-state index contributed by atoms with van der Waals surface area (Å²) in [7, 11) is 0. The van der Waals surface area contributed by atoms with E-state index in [9.17, 15) is 14.4 Å². The number of nitrogens with one attached hydrogen (secondary N) is 3. The van der Waals surface area contributed by atoms with Gasteiger partial charge in [-0.25, -0.2) is 4.79 Å². The third-order valence-corrected chi connectivity index (χ3v) is 5.51. The Hall–Kier alpha value is -4.13. The lowest BCUT2D eigenvalue weighted by Crippen LogP contribution is -2.34. The fourth-order valence-electron chi connectivity index (χ4n) is 3.73. The average molecular weight is 472 g/mol. The molecule has 0 radical (unpaired) electrons. The van der Waals surface area contributed by atoms with Crippen molar-refractivity contribution in [2.45, 2.75) is 44.8 Å². The Kier molecular flexibility index (Phi) is 6.87. The zero-order valence-electron chi connectivity index (χ0n) is 20.0. The molecular formula is C28H29N3O4. The van der Waals surface area contributed by atoms with Crippen LogP contribution in [0.3, 0.4) is 0 Å². The SMILES string of the molecule is CC(C)(C)OC(=O)N[C@@H]1C[C@H]1c1ccc(NC(=O)c2cccc(NC(=O)c3ccccc3)c2)cc1. The molecule has 0 aliphatic heterocycles. The molecule has 35 heavy (non-hydrogen) atoms. The van der Waals surface area contributed by atoms with Crippen molar-refractivity contribution in [1.82, 2.24) is 5.32 Å². The topological polar surface area (TPSA) is 96.5 Å². The van der Waals surface area contributed by atoms with Gasteiger partial charge in [0.15, 0.2) is 0 Å². The number of rotatable bonds is 6. The van der Waals surface area contributed by atoms with E-state index in [1.807, 2.05) is 51.1 Å². The predicted molar refractivity (Wildman–Crippen MR) is 136 cm³/mol. The fourth-order valence-corrected chi connectivity index (χ4v) is 3.73. The van der Waals surface area contributed by atoms with Crippen molar-refractivity contribution in [3.63, 3.8) is 0 Å². The Morgan fingerprint density at radius 1 is 0.771 bits per heavy atom. The van der Waals surface area contributed by atoms with Gasteiger partial charge in [-0.1, -0.05) is 36.4 Å². The third kappa shape index (κ3) is 6.69. The van der Waals surface area contributed by atoms with Gasteiger partial charge in [-0.3, -0.25) is 9.59 Å². The maximum absolute atomic E-state index is 12.8. The normalized spacial score (nSPS) is 16.7. The number of alkyl carbamates (subject to hydrolysis) is 1. The highest BCUT2D eigenvalue weighted by Gasteiger charge is 2.40. The molecule has 4 rings (SSSR count). The first-order chi connectivity index (χ1) is 16.7. The zero-order valence-corrected chi connectivity index (χ0v) is 20.0. The molecule has 0 bridgehead atoms. The lowest BCUT2D eigenvalue weighted by molar-refractivity contribution is 0.0522. The molecule has 3 aromatic carbocycles. The molecule has 0 aromatic heterocycles. The number of anilines is 2. The summed E-state index contributed by atoms with van der Waals surface area (Å²) < 4.78 is 5.31. The van der Waals surface area contributed by atoms with Gasteiger partial charge in [-0.05, 0) is 75.2 Å². The molecule has 7 nitrogen and oxygen atoms in total. The van der Waals surface area contributed by atoms with Crippen LogP contribution in [0.1, 0.15) is 59.4 Å². The number of hydrogen-bond acceptors (Lipinski definition) is 4. The maximum Gasteiger partial charge on any atom is 0.407 e. The largest absolute Gasteiger partial charge is 0.444 e. The van der Waals surface area contributed by atoms with Crippen LogP contribution in [0, 0.1) is 0 Å². The van der Waals surface area contributed by atoms with Crippen LogP contribution in [0.25, 0.3) is 0 Å². The van der Waals surface area contributed by atoms with Gasteiger partial charge < -0.3 is 20.7 Å². The van der Waals surface area contributed by atoms with Gasteiger partial charge in [0.05, 0.1) is 0 Å². The molecule has 7 heteroatoms. The molecule has 3 N–H and O–H groups in total. The van der Waals surface area contributed by atoms with Gasteiger partial charge >= 0.3 is 6.09 Å². The zero-order chi connectivity index (χ0) is 25.0. The van der Waals surface area contributed by atoms with Crippen molar-refractivity contribution in [3.8, 4) is 0 Å². The molecule has 1 aliphatic carbocycles. The monoisotopic (exact) mass is 471 g/mol. The van der Waals surface area contributed by atoms with Crippen molar-refractivity contribution in [2.24, 2.45) is 0 Å². The van der Waals surface area contributed by atoms with E-state index >= 15 is 0 Å². The first kappa shape index (κ1) is 24.0. The number of carbonyl (C=O) groups excluding carboxylic acids is 3. The second-order valence-electron chi connectivity index (χ2n) is 9.57. The van der Waals surface area contributed by atoms with Crippen LogP contribution in [-0.4, -0.2) is 29.6 Å². The van der Waals surface area contributed by atoms with E-state index in [1.165, 1.54) is 0 Å². The Balaban J connectivity index is 1.32. The van der Waals surface area contributed by atoms with Crippen LogP contribution in [-0.2, 0) is 4.74 Å².